The van der Waals surface area contributed by atoms with E-state index in [0.29, 0.717) is 11.4 Å². The van der Waals surface area contributed by atoms with Gasteiger partial charge in [-0.05, 0) is 47.0 Å². The van der Waals surface area contributed by atoms with E-state index in [9.17, 15) is 14.0 Å². The molecule has 1 N–H and O–H groups in total. The third-order valence-electron chi connectivity index (χ3n) is 6.79. The molecule has 4 aromatic rings. The molecule has 1 unspecified atom stereocenters. The van der Waals surface area contributed by atoms with Crippen LogP contribution in [0.2, 0.25) is 5.02 Å². The SMILES string of the molecule is O=C1[C@@H]2Cc3c([nH]c4ccccc34)C(c3cccc(Cl)c3)N2C(=O)CN1Cc1ccc(F)cc1. The van der Waals surface area contributed by atoms with Gasteiger partial charge in [-0.15, -0.1) is 0 Å². The van der Waals surface area contributed by atoms with Crippen LogP contribution in [0, 0.1) is 5.82 Å². The summed E-state index contributed by atoms with van der Waals surface area (Å²) < 4.78 is 13.3. The maximum Gasteiger partial charge on any atom is 0.246 e. The highest BCUT2D eigenvalue weighted by Gasteiger charge is 2.48. The van der Waals surface area contributed by atoms with Crippen molar-refractivity contribution >= 4 is 34.3 Å². The number of H-pyrrole nitrogens is 1. The maximum atomic E-state index is 13.7. The Balaban J connectivity index is 1.45. The van der Waals surface area contributed by atoms with Crippen molar-refractivity contribution in [1.29, 1.82) is 0 Å². The summed E-state index contributed by atoms with van der Waals surface area (Å²) in [5.74, 6) is -0.563. The van der Waals surface area contributed by atoms with E-state index in [1.807, 2.05) is 42.5 Å². The molecule has 2 atom stereocenters. The smallest absolute Gasteiger partial charge is 0.246 e. The molecule has 0 radical (unpaired) electrons. The average Bonchev–Trinajstić information content (AvgIpc) is 3.21. The summed E-state index contributed by atoms with van der Waals surface area (Å²) in [5, 5.41) is 1.63. The van der Waals surface area contributed by atoms with Crippen LogP contribution in [-0.2, 0) is 22.6 Å². The molecule has 1 fully saturated rings. The second kappa shape index (κ2) is 7.99. The summed E-state index contributed by atoms with van der Waals surface area (Å²) in [6.07, 6.45) is 0.431. The van der Waals surface area contributed by atoms with Crippen molar-refractivity contribution in [3.8, 4) is 0 Å². The van der Waals surface area contributed by atoms with Gasteiger partial charge in [-0.1, -0.05) is 54.1 Å². The number of nitrogens with one attached hydrogen (secondary N) is 1. The van der Waals surface area contributed by atoms with Gasteiger partial charge in [0.25, 0.3) is 0 Å². The van der Waals surface area contributed by atoms with Crippen molar-refractivity contribution < 1.29 is 14.0 Å². The number of hydrogen-bond acceptors (Lipinski definition) is 2. The highest BCUT2D eigenvalue weighted by Crippen LogP contribution is 2.43. The Morgan fingerprint density at radius 2 is 1.79 bits per heavy atom. The van der Waals surface area contributed by atoms with Crippen molar-refractivity contribution in [2.75, 3.05) is 6.54 Å². The first kappa shape index (κ1) is 20.9. The zero-order valence-corrected chi connectivity index (χ0v) is 18.9. The summed E-state index contributed by atoms with van der Waals surface area (Å²) in [6.45, 7) is 0.233. The summed E-state index contributed by atoms with van der Waals surface area (Å²) >= 11 is 6.32. The van der Waals surface area contributed by atoms with Gasteiger partial charge in [-0.3, -0.25) is 9.59 Å². The summed E-state index contributed by atoms with van der Waals surface area (Å²) in [5.41, 5.74) is 4.59. The zero-order chi connectivity index (χ0) is 23.4. The number of aromatic amines is 1. The minimum absolute atomic E-state index is 0.0284. The van der Waals surface area contributed by atoms with E-state index in [0.717, 1.165) is 33.3 Å². The average molecular weight is 474 g/mol. The van der Waals surface area contributed by atoms with E-state index in [4.69, 9.17) is 11.6 Å². The molecule has 1 saturated heterocycles. The molecule has 0 aliphatic carbocycles. The van der Waals surface area contributed by atoms with Crippen LogP contribution < -0.4 is 0 Å². The molecule has 5 nitrogen and oxygen atoms in total. The number of carbonyl (C=O) groups is 2. The van der Waals surface area contributed by atoms with E-state index in [1.165, 1.54) is 12.1 Å². The third-order valence-corrected chi connectivity index (χ3v) is 7.03. The number of piperazine rings is 1. The Kier molecular flexibility index (Phi) is 4.92. The Morgan fingerprint density at radius 1 is 1.00 bits per heavy atom. The van der Waals surface area contributed by atoms with Crippen LogP contribution in [-0.4, -0.2) is 39.2 Å². The molecule has 0 bridgehead atoms. The lowest BCUT2D eigenvalue weighted by atomic mass is 9.86. The van der Waals surface area contributed by atoms with Crippen molar-refractivity contribution in [3.63, 3.8) is 0 Å². The number of amides is 2. The lowest BCUT2D eigenvalue weighted by Gasteiger charge is -2.47. The lowest BCUT2D eigenvalue weighted by Crippen LogP contribution is -2.62. The van der Waals surface area contributed by atoms with Gasteiger partial charge in [-0.2, -0.15) is 0 Å². The standard InChI is InChI=1S/C27H21ClFN3O2/c28-18-5-3-4-17(12-18)26-25-21(20-6-1-2-7-22(20)30-25)13-23-27(34)31(15-24(33)32(23)26)14-16-8-10-19(29)11-9-16/h1-12,23,26,30H,13-15H2/t23-,26?/m0/s1. The minimum Gasteiger partial charge on any atom is -0.356 e. The second-order valence-corrected chi connectivity index (χ2v) is 9.30. The summed E-state index contributed by atoms with van der Waals surface area (Å²) in [6, 6.07) is 20.4. The van der Waals surface area contributed by atoms with Crippen LogP contribution in [0.4, 0.5) is 4.39 Å². The molecule has 1 aromatic heterocycles. The van der Waals surface area contributed by atoms with Gasteiger partial charge in [0.1, 0.15) is 18.4 Å². The fourth-order valence-corrected chi connectivity index (χ4v) is 5.49. The summed E-state index contributed by atoms with van der Waals surface area (Å²) in [7, 11) is 0. The molecule has 0 saturated carbocycles. The molecule has 3 aromatic carbocycles. The molecule has 34 heavy (non-hydrogen) atoms. The number of nitrogens with zero attached hydrogens (tertiary/aromatic N) is 2. The van der Waals surface area contributed by atoms with Crippen LogP contribution in [0.15, 0.2) is 72.8 Å². The number of halogens is 2. The third kappa shape index (κ3) is 3.37. The quantitative estimate of drug-likeness (QED) is 0.462. The Hall–Kier alpha value is -3.64. The summed E-state index contributed by atoms with van der Waals surface area (Å²) in [4.78, 5) is 34.1. The first-order valence-electron chi connectivity index (χ1n) is 11.2. The Morgan fingerprint density at radius 3 is 2.59 bits per heavy atom. The molecular weight excluding hydrogens is 453 g/mol. The molecule has 6 rings (SSSR count). The van der Waals surface area contributed by atoms with E-state index in [-0.39, 0.29) is 30.7 Å². The van der Waals surface area contributed by atoms with Crippen molar-refractivity contribution in [2.45, 2.75) is 25.0 Å². The van der Waals surface area contributed by atoms with Gasteiger partial charge in [-0.25, -0.2) is 4.39 Å². The number of hydrogen-bond donors (Lipinski definition) is 1. The highest BCUT2D eigenvalue weighted by atomic mass is 35.5. The van der Waals surface area contributed by atoms with Gasteiger partial charge in [0.15, 0.2) is 0 Å². The monoisotopic (exact) mass is 473 g/mol. The number of fused-ring (bicyclic) bond motifs is 4. The maximum absolute atomic E-state index is 13.7. The zero-order valence-electron chi connectivity index (χ0n) is 18.2. The number of rotatable bonds is 3. The molecule has 2 aliphatic rings. The molecule has 3 heterocycles. The largest absolute Gasteiger partial charge is 0.356 e. The van der Waals surface area contributed by atoms with Crippen molar-refractivity contribution in [1.82, 2.24) is 14.8 Å². The van der Waals surface area contributed by atoms with Gasteiger partial charge in [0.05, 0.1) is 6.04 Å². The predicted octanol–water partition coefficient (Wildman–Crippen LogP) is 4.85. The number of aromatic nitrogens is 1. The number of para-hydroxylation sites is 1. The molecular formula is C27H21ClFN3O2. The fraction of sp³-hybridized carbons (Fsp3) is 0.185. The normalized spacial score (nSPS) is 19.9. The van der Waals surface area contributed by atoms with Crippen LogP contribution in [0.25, 0.3) is 10.9 Å². The second-order valence-electron chi connectivity index (χ2n) is 8.86. The molecule has 0 spiro atoms. The van der Waals surface area contributed by atoms with Crippen LogP contribution in [0.5, 0.6) is 0 Å². The van der Waals surface area contributed by atoms with Gasteiger partial charge < -0.3 is 14.8 Å². The first-order valence-corrected chi connectivity index (χ1v) is 11.6. The highest BCUT2D eigenvalue weighted by molar-refractivity contribution is 6.30. The van der Waals surface area contributed by atoms with Crippen molar-refractivity contribution in [2.24, 2.45) is 0 Å². The predicted molar refractivity (Wildman–Crippen MR) is 128 cm³/mol. The van der Waals surface area contributed by atoms with Crippen molar-refractivity contribution in [3.05, 3.63) is 106 Å². The topological polar surface area (TPSA) is 56.4 Å². The van der Waals surface area contributed by atoms with E-state index in [2.05, 4.69) is 4.98 Å². The Labute approximate surface area is 200 Å². The van der Waals surface area contributed by atoms with Gasteiger partial charge in [0, 0.05) is 34.6 Å². The van der Waals surface area contributed by atoms with E-state index >= 15 is 0 Å². The Bertz CT molecular complexity index is 1430. The molecule has 170 valence electrons. The lowest BCUT2D eigenvalue weighted by molar-refractivity contribution is -0.159. The van der Waals surface area contributed by atoms with E-state index < -0.39 is 12.1 Å². The first-order chi connectivity index (χ1) is 16.5. The molecule has 7 heteroatoms. The van der Waals surface area contributed by atoms with Crippen LogP contribution in [0.1, 0.15) is 28.4 Å². The minimum atomic E-state index is -0.627. The fourth-order valence-electron chi connectivity index (χ4n) is 5.29. The number of carbonyl (C=O) groups excluding carboxylic acids is 2. The van der Waals surface area contributed by atoms with Crippen LogP contribution in [0.3, 0.4) is 0 Å². The van der Waals surface area contributed by atoms with Gasteiger partial charge in [0.2, 0.25) is 11.8 Å². The van der Waals surface area contributed by atoms with E-state index in [1.54, 1.807) is 28.0 Å². The molecule has 2 aliphatic heterocycles. The van der Waals surface area contributed by atoms with Gasteiger partial charge >= 0.3 is 0 Å². The number of benzene rings is 3. The molecule has 2 amide bonds. The van der Waals surface area contributed by atoms with Crippen LogP contribution >= 0.6 is 11.6 Å².